The van der Waals surface area contributed by atoms with Gasteiger partial charge in [0.25, 0.3) is 11.5 Å². The average molecular weight is 432 g/mol. The number of pyridine rings is 1. The fourth-order valence-corrected chi connectivity index (χ4v) is 3.92. The molecular weight excluding hydrogens is 408 g/mol. The number of amides is 1. The maximum atomic E-state index is 12.8. The number of anilines is 1. The Bertz CT molecular complexity index is 1460. The van der Waals surface area contributed by atoms with Crippen molar-refractivity contribution in [1.29, 1.82) is 0 Å². The molecule has 0 radical (unpaired) electrons. The second kappa shape index (κ2) is 7.76. The number of fused-ring (bicyclic) bond motifs is 2. The molecule has 0 unspecified atom stereocenters. The molecule has 0 spiro atoms. The normalized spacial score (nSPS) is 13.8. The molecule has 164 valence electrons. The van der Waals surface area contributed by atoms with Crippen molar-refractivity contribution in [3.8, 4) is 0 Å². The van der Waals surface area contributed by atoms with E-state index in [1.807, 2.05) is 44.6 Å². The molecule has 3 aromatic heterocycles. The third-order valence-electron chi connectivity index (χ3n) is 5.77. The van der Waals surface area contributed by atoms with E-state index >= 15 is 0 Å². The molecule has 0 aliphatic heterocycles. The molecule has 0 atom stereocenters. The van der Waals surface area contributed by atoms with Gasteiger partial charge in [-0.05, 0) is 57.3 Å². The van der Waals surface area contributed by atoms with E-state index in [1.165, 1.54) is 16.8 Å². The zero-order valence-electron chi connectivity index (χ0n) is 18.0. The zero-order valence-corrected chi connectivity index (χ0v) is 18.0. The summed E-state index contributed by atoms with van der Waals surface area (Å²) in [6.45, 7) is 1.82. The quantitative estimate of drug-likeness (QED) is 0.486. The van der Waals surface area contributed by atoms with Crippen LogP contribution in [0.4, 0.5) is 5.69 Å². The monoisotopic (exact) mass is 432 g/mol. The van der Waals surface area contributed by atoms with Gasteiger partial charge < -0.3 is 14.8 Å². The van der Waals surface area contributed by atoms with Crippen molar-refractivity contribution < 1.29 is 4.79 Å². The molecule has 1 amide bonds. The van der Waals surface area contributed by atoms with Crippen molar-refractivity contribution in [1.82, 2.24) is 24.0 Å². The summed E-state index contributed by atoms with van der Waals surface area (Å²) in [7, 11) is 4.08. The summed E-state index contributed by atoms with van der Waals surface area (Å²) in [4.78, 5) is 46.1. The molecule has 1 saturated carbocycles. The van der Waals surface area contributed by atoms with Crippen LogP contribution in [0.5, 0.6) is 0 Å². The van der Waals surface area contributed by atoms with Crippen LogP contribution in [0.3, 0.4) is 0 Å². The molecule has 2 N–H and O–H groups in total. The van der Waals surface area contributed by atoms with E-state index in [0.29, 0.717) is 11.3 Å². The van der Waals surface area contributed by atoms with Gasteiger partial charge in [0, 0.05) is 48.1 Å². The van der Waals surface area contributed by atoms with E-state index in [4.69, 9.17) is 0 Å². The number of carbonyl (C=O) groups excluding carboxylic acids is 1. The molecule has 1 aliphatic rings. The van der Waals surface area contributed by atoms with Crippen molar-refractivity contribution in [2.24, 2.45) is 0 Å². The third-order valence-corrected chi connectivity index (χ3v) is 5.77. The predicted octanol–water partition coefficient (Wildman–Crippen LogP) is 2.19. The number of likely N-dealkylation sites (N-methyl/N-ethyl adjacent to an activating group) is 1. The lowest BCUT2D eigenvalue weighted by Crippen LogP contribution is -2.30. The maximum Gasteiger partial charge on any atom is 0.330 e. The Morgan fingerprint density at radius 2 is 2.03 bits per heavy atom. The highest BCUT2D eigenvalue weighted by Gasteiger charge is 2.27. The topological polar surface area (TPSA) is 105 Å². The average Bonchev–Trinajstić information content (AvgIpc) is 3.51. The van der Waals surface area contributed by atoms with Gasteiger partial charge in [-0.1, -0.05) is 0 Å². The molecule has 4 aromatic rings. The van der Waals surface area contributed by atoms with Crippen LogP contribution in [-0.2, 0) is 6.54 Å². The smallest absolute Gasteiger partial charge is 0.330 e. The number of benzene rings is 1. The minimum Gasteiger partial charge on any atom is -0.346 e. The second-order valence-corrected chi connectivity index (χ2v) is 8.50. The zero-order chi connectivity index (χ0) is 22.4. The third kappa shape index (κ3) is 3.71. The van der Waals surface area contributed by atoms with Gasteiger partial charge >= 0.3 is 5.69 Å². The summed E-state index contributed by atoms with van der Waals surface area (Å²) in [6.07, 6.45) is 5.21. The Morgan fingerprint density at radius 1 is 1.22 bits per heavy atom. The molecule has 1 aliphatic carbocycles. The number of hydrogen-bond acceptors (Lipinski definition) is 5. The summed E-state index contributed by atoms with van der Waals surface area (Å²) in [6, 6.07) is 9.34. The number of hydrogen-bond donors (Lipinski definition) is 2. The molecule has 9 nitrogen and oxygen atoms in total. The largest absolute Gasteiger partial charge is 0.346 e. The van der Waals surface area contributed by atoms with Crippen molar-refractivity contribution in [3.63, 3.8) is 0 Å². The molecule has 1 fully saturated rings. The number of aromatic nitrogens is 4. The van der Waals surface area contributed by atoms with Crippen LogP contribution < -0.4 is 16.6 Å². The van der Waals surface area contributed by atoms with Gasteiger partial charge in [-0.25, -0.2) is 9.78 Å². The molecule has 3 heterocycles. The van der Waals surface area contributed by atoms with Crippen LogP contribution in [0.15, 0.2) is 52.3 Å². The molecule has 0 saturated heterocycles. The predicted molar refractivity (Wildman–Crippen MR) is 123 cm³/mol. The summed E-state index contributed by atoms with van der Waals surface area (Å²) in [5.74, 6) is -0.366. The fraction of sp³-hybridized carbons (Fsp3) is 0.304. The first-order valence-corrected chi connectivity index (χ1v) is 10.6. The first-order valence-electron chi connectivity index (χ1n) is 10.6. The summed E-state index contributed by atoms with van der Waals surface area (Å²) in [5, 5.41) is 4.14. The Balaban J connectivity index is 1.41. The highest BCUT2D eigenvalue weighted by atomic mass is 16.2. The number of H-pyrrole nitrogens is 1. The fourth-order valence-electron chi connectivity index (χ4n) is 3.92. The number of aromatic amines is 1. The minimum absolute atomic E-state index is 0.0609. The van der Waals surface area contributed by atoms with E-state index in [-0.39, 0.29) is 22.9 Å². The van der Waals surface area contributed by atoms with Crippen molar-refractivity contribution in [2.75, 3.05) is 26.0 Å². The lowest BCUT2D eigenvalue weighted by Gasteiger charge is -2.12. The van der Waals surface area contributed by atoms with Gasteiger partial charge in [0.2, 0.25) is 0 Å². The molecule has 32 heavy (non-hydrogen) atoms. The van der Waals surface area contributed by atoms with Crippen LogP contribution in [-0.4, -0.2) is 50.5 Å². The molecule has 0 bridgehead atoms. The van der Waals surface area contributed by atoms with Crippen molar-refractivity contribution in [2.45, 2.75) is 25.4 Å². The Hall–Kier alpha value is -3.72. The first kappa shape index (κ1) is 20.2. The first-order chi connectivity index (χ1) is 15.4. The van der Waals surface area contributed by atoms with Gasteiger partial charge in [-0.3, -0.25) is 19.1 Å². The SMILES string of the molecule is CN(C)CCn1ccc2cc(NC(=O)c3cnc4c(c3)c(=O)[nH]c(=O)n4C3CC3)ccc21. The Morgan fingerprint density at radius 3 is 2.78 bits per heavy atom. The number of carbonyl (C=O) groups is 1. The highest BCUT2D eigenvalue weighted by molar-refractivity contribution is 6.06. The maximum absolute atomic E-state index is 12.8. The van der Waals surface area contributed by atoms with Crippen LogP contribution in [0, 0.1) is 0 Å². The minimum atomic E-state index is -0.537. The second-order valence-electron chi connectivity index (χ2n) is 8.50. The lowest BCUT2D eigenvalue weighted by molar-refractivity contribution is 0.102. The highest BCUT2D eigenvalue weighted by Crippen LogP contribution is 2.34. The summed E-state index contributed by atoms with van der Waals surface area (Å²) < 4.78 is 3.69. The summed E-state index contributed by atoms with van der Waals surface area (Å²) in [5.41, 5.74) is 1.34. The van der Waals surface area contributed by atoms with Crippen LogP contribution in [0.2, 0.25) is 0 Å². The van der Waals surface area contributed by atoms with Gasteiger partial charge in [-0.15, -0.1) is 0 Å². The van der Waals surface area contributed by atoms with E-state index < -0.39 is 11.2 Å². The number of rotatable bonds is 6. The van der Waals surface area contributed by atoms with Gasteiger partial charge in [0.05, 0.1) is 10.9 Å². The molecular formula is C23H24N6O3. The van der Waals surface area contributed by atoms with Crippen LogP contribution in [0.25, 0.3) is 21.9 Å². The number of nitrogens with zero attached hydrogens (tertiary/aromatic N) is 4. The lowest BCUT2D eigenvalue weighted by atomic mass is 10.2. The van der Waals surface area contributed by atoms with E-state index in [1.54, 1.807) is 0 Å². The molecule has 1 aromatic carbocycles. The van der Waals surface area contributed by atoms with Crippen LogP contribution >= 0.6 is 0 Å². The van der Waals surface area contributed by atoms with Gasteiger partial charge in [0.1, 0.15) is 5.65 Å². The van der Waals surface area contributed by atoms with E-state index in [0.717, 1.165) is 36.8 Å². The van der Waals surface area contributed by atoms with E-state index in [2.05, 4.69) is 24.8 Å². The van der Waals surface area contributed by atoms with Gasteiger partial charge in [-0.2, -0.15) is 0 Å². The molecule has 5 rings (SSSR count). The van der Waals surface area contributed by atoms with Crippen molar-refractivity contribution in [3.05, 3.63) is 69.1 Å². The summed E-state index contributed by atoms with van der Waals surface area (Å²) >= 11 is 0. The van der Waals surface area contributed by atoms with Gasteiger partial charge in [0.15, 0.2) is 0 Å². The standard InChI is InChI=1S/C23H24N6O3/c1-27(2)9-10-28-8-7-14-11-16(3-6-19(14)28)25-21(30)15-12-18-20(24-13-15)29(17-4-5-17)23(32)26-22(18)31/h3,6-8,11-13,17H,4-5,9-10H2,1-2H3,(H,25,30)(H,26,31,32). The van der Waals surface area contributed by atoms with E-state index in [9.17, 15) is 14.4 Å². The Labute approximate surface area is 183 Å². The Kier molecular flexibility index (Phi) is 4.90. The molecule has 9 heteroatoms. The van der Waals surface area contributed by atoms with Crippen molar-refractivity contribution >= 4 is 33.5 Å². The van der Waals surface area contributed by atoms with Crippen LogP contribution in [0.1, 0.15) is 29.2 Å². The number of nitrogens with one attached hydrogen (secondary N) is 2.